The lowest BCUT2D eigenvalue weighted by Crippen LogP contribution is -2.43. The third-order valence-corrected chi connectivity index (χ3v) is 3.29. The van der Waals surface area contributed by atoms with Crippen LogP contribution in [-0.2, 0) is 14.3 Å². The summed E-state index contributed by atoms with van der Waals surface area (Å²) < 4.78 is 5.12. The second-order valence-electron chi connectivity index (χ2n) is 4.88. The number of hydrogen-bond acceptors (Lipinski definition) is 4. The van der Waals surface area contributed by atoms with Crippen LogP contribution in [0.5, 0.6) is 0 Å². The molecule has 5 heteroatoms. The molecule has 104 valence electrons. The fourth-order valence-corrected chi connectivity index (χ4v) is 2.33. The summed E-state index contributed by atoms with van der Waals surface area (Å²) in [4.78, 5) is 24.6. The lowest BCUT2D eigenvalue weighted by molar-refractivity contribution is -0.145. The number of nitrogens with zero attached hydrogens (tertiary/aromatic N) is 1. The molecule has 0 radical (unpaired) electrons. The minimum atomic E-state index is -0.386. The van der Waals surface area contributed by atoms with Gasteiger partial charge in [0.1, 0.15) is 0 Å². The Morgan fingerprint density at radius 1 is 1.28 bits per heavy atom. The monoisotopic (exact) mass is 256 g/mol. The van der Waals surface area contributed by atoms with Crippen LogP contribution in [0, 0.1) is 0 Å². The fourth-order valence-electron chi connectivity index (χ4n) is 2.33. The Hall–Kier alpha value is -1.10. The van der Waals surface area contributed by atoms with Crippen molar-refractivity contribution in [1.29, 1.82) is 0 Å². The average Bonchev–Trinajstić information content (AvgIpc) is 2.81. The maximum atomic E-state index is 11.7. The predicted octanol–water partition coefficient (Wildman–Crippen LogP) is 1.06. The minimum absolute atomic E-state index is 0.146. The van der Waals surface area contributed by atoms with Crippen LogP contribution in [0.15, 0.2) is 0 Å². The van der Waals surface area contributed by atoms with E-state index in [1.54, 1.807) is 0 Å². The summed E-state index contributed by atoms with van der Waals surface area (Å²) in [6, 6.07) is 0.302. The molecule has 0 spiro atoms. The Kier molecular flexibility index (Phi) is 6.72. The molecule has 1 aliphatic carbocycles. The van der Waals surface area contributed by atoms with E-state index in [4.69, 9.17) is 10.5 Å². The molecule has 0 bridgehead atoms. The number of nitrogens with two attached hydrogens (primary N) is 1. The molecule has 0 atom stereocenters. The number of primary amides is 1. The van der Waals surface area contributed by atoms with E-state index in [9.17, 15) is 9.59 Å². The van der Waals surface area contributed by atoms with Crippen LogP contribution in [0.2, 0.25) is 0 Å². The molecule has 0 aromatic heterocycles. The highest BCUT2D eigenvalue weighted by Gasteiger charge is 2.25. The van der Waals surface area contributed by atoms with Gasteiger partial charge in [-0.25, -0.2) is 0 Å². The molecule has 1 amide bonds. The highest BCUT2D eigenvalue weighted by atomic mass is 16.5. The van der Waals surface area contributed by atoms with E-state index in [1.807, 2.05) is 11.8 Å². The Bertz CT molecular complexity index is 275. The van der Waals surface area contributed by atoms with E-state index in [-0.39, 0.29) is 25.0 Å². The minimum Gasteiger partial charge on any atom is -0.465 e. The van der Waals surface area contributed by atoms with Crippen LogP contribution in [0.4, 0.5) is 0 Å². The zero-order valence-corrected chi connectivity index (χ0v) is 11.2. The normalized spacial score (nSPS) is 16.1. The number of unbranched alkanes of at least 4 members (excludes halogenated alkanes) is 1. The molecular weight excluding hydrogens is 232 g/mol. The molecule has 5 nitrogen and oxygen atoms in total. The number of rotatable bonds is 8. The van der Waals surface area contributed by atoms with Gasteiger partial charge in [-0.2, -0.15) is 0 Å². The van der Waals surface area contributed by atoms with Gasteiger partial charge in [0, 0.05) is 6.04 Å². The summed E-state index contributed by atoms with van der Waals surface area (Å²) in [6.07, 6.45) is 6.27. The Labute approximate surface area is 109 Å². The van der Waals surface area contributed by atoms with Crippen LogP contribution in [0.25, 0.3) is 0 Å². The molecule has 0 saturated heterocycles. The molecule has 1 saturated carbocycles. The van der Waals surface area contributed by atoms with Crippen molar-refractivity contribution in [3.63, 3.8) is 0 Å². The van der Waals surface area contributed by atoms with Crippen LogP contribution in [0.3, 0.4) is 0 Å². The molecule has 1 fully saturated rings. The van der Waals surface area contributed by atoms with Crippen LogP contribution < -0.4 is 5.73 Å². The molecular formula is C13H24N2O3. The summed E-state index contributed by atoms with van der Waals surface area (Å²) in [5.41, 5.74) is 5.23. The van der Waals surface area contributed by atoms with Crippen molar-refractivity contribution in [3.05, 3.63) is 0 Å². The Morgan fingerprint density at radius 2 is 1.94 bits per heavy atom. The van der Waals surface area contributed by atoms with Gasteiger partial charge >= 0.3 is 5.97 Å². The standard InChI is InChI=1S/C13H24N2O3/c1-2-3-8-18-13(17)10-15(9-12(14)16)11-6-4-5-7-11/h11H,2-10H2,1H3,(H2,14,16). The molecule has 18 heavy (non-hydrogen) atoms. The van der Waals surface area contributed by atoms with Gasteiger partial charge < -0.3 is 10.5 Å². The maximum Gasteiger partial charge on any atom is 0.320 e. The van der Waals surface area contributed by atoms with Gasteiger partial charge in [0.15, 0.2) is 0 Å². The molecule has 2 N–H and O–H groups in total. The zero-order valence-electron chi connectivity index (χ0n) is 11.2. The lowest BCUT2D eigenvalue weighted by Gasteiger charge is -2.26. The van der Waals surface area contributed by atoms with Gasteiger partial charge in [0.05, 0.1) is 19.7 Å². The Balaban J connectivity index is 2.39. The van der Waals surface area contributed by atoms with Crippen molar-refractivity contribution >= 4 is 11.9 Å². The summed E-state index contributed by atoms with van der Waals surface area (Å²) in [5, 5.41) is 0. The van der Waals surface area contributed by atoms with Crippen LogP contribution >= 0.6 is 0 Å². The second kappa shape index (κ2) is 8.08. The largest absolute Gasteiger partial charge is 0.465 e. The van der Waals surface area contributed by atoms with Crippen molar-refractivity contribution in [2.45, 2.75) is 51.5 Å². The summed E-state index contributed by atoms with van der Waals surface area (Å²) >= 11 is 0. The molecule has 0 aromatic rings. The van der Waals surface area contributed by atoms with Crippen LogP contribution in [0.1, 0.15) is 45.4 Å². The second-order valence-corrected chi connectivity index (χ2v) is 4.88. The van der Waals surface area contributed by atoms with Crippen molar-refractivity contribution in [1.82, 2.24) is 4.90 Å². The van der Waals surface area contributed by atoms with E-state index < -0.39 is 0 Å². The van der Waals surface area contributed by atoms with E-state index in [0.717, 1.165) is 38.5 Å². The number of hydrogen-bond donors (Lipinski definition) is 1. The van der Waals surface area contributed by atoms with Gasteiger partial charge in [0.25, 0.3) is 0 Å². The quantitative estimate of drug-likeness (QED) is 0.520. The average molecular weight is 256 g/mol. The first-order valence-corrected chi connectivity index (χ1v) is 6.81. The topological polar surface area (TPSA) is 72.6 Å². The van der Waals surface area contributed by atoms with Crippen molar-refractivity contribution < 1.29 is 14.3 Å². The van der Waals surface area contributed by atoms with Gasteiger partial charge in [-0.15, -0.1) is 0 Å². The lowest BCUT2D eigenvalue weighted by atomic mass is 10.2. The molecule has 1 rings (SSSR count). The number of carbonyl (C=O) groups is 2. The first-order valence-electron chi connectivity index (χ1n) is 6.81. The first-order chi connectivity index (χ1) is 8.63. The van der Waals surface area contributed by atoms with Crippen molar-refractivity contribution in [2.24, 2.45) is 5.73 Å². The Morgan fingerprint density at radius 3 is 2.50 bits per heavy atom. The smallest absolute Gasteiger partial charge is 0.320 e. The number of amides is 1. The number of esters is 1. The van der Waals surface area contributed by atoms with E-state index >= 15 is 0 Å². The van der Waals surface area contributed by atoms with Gasteiger partial charge in [-0.3, -0.25) is 14.5 Å². The van der Waals surface area contributed by atoms with Gasteiger partial charge in [0.2, 0.25) is 5.91 Å². The van der Waals surface area contributed by atoms with Gasteiger partial charge in [-0.1, -0.05) is 26.2 Å². The van der Waals surface area contributed by atoms with E-state index in [2.05, 4.69) is 0 Å². The summed E-state index contributed by atoms with van der Waals surface area (Å²) in [6.45, 7) is 2.83. The number of ether oxygens (including phenoxy) is 1. The highest BCUT2D eigenvalue weighted by Crippen LogP contribution is 2.23. The van der Waals surface area contributed by atoms with Gasteiger partial charge in [-0.05, 0) is 19.3 Å². The third-order valence-electron chi connectivity index (χ3n) is 3.29. The zero-order chi connectivity index (χ0) is 13.4. The number of carbonyl (C=O) groups excluding carboxylic acids is 2. The van der Waals surface area contributed by atoms with Crippen LogP contribution in [-0.4, -0.2) is 42.5 Å². The van der Waals surface area contributed by atoms with E-state index in [1.165, 1.54) is 0 Å². The molecule has 0 heterocycles. The SMILES string of the molecule is CCCCOC(=O)CN(CC(N)=O)C1CCCC1. The molecule has 1 aliphatic rings. The molecule has 0 aliphatic heterocycles. The molecule has 0 aromatic carbocycles. The van der Waals surface area contributed by atoms with E-state index in [0.29, 0.717) is 12.6 Å². The summed E-state index contributed by atoms with van der Waals surface area (Å²) in [5.74, 6) is -0.639. The highest BCUT2D eigenvalue weighted by molar-refractivity contribution is 5.77. The van der Waals surface area contributed by atoms with Crippen molar-refractivity contribution in [2.75, 3.05) is 19.7 Å². The summed E-state index contributed by atoms with van der Waals surface area (Å²) in [7, 11) is 0. The predicted molar refractivity (Wildman–Crippen MR) is 68.9 cm³/mol. The molecule has 0 unspecified atom stereocenters. The first kappa shape index (κ1) is 15.0. The fraction of sp³-hybridized carbons (Fsp3) is 0.846. The van der Waals surface area contributed by atoms with Crippen molar-refractivity contribution in [3.8, 4) is 0 Å². The third kappa shape index (κ3) is 5.49. The maximum absolute atomic E-state index is 11.7.